The zero-order chi connectivity index (χ0) is 22.6. The molecule has 1 N–H and O–H groups in total. The molecule has 1 aliphatic rings. The Labute approximate surface area is 184 Å². The van der Waals surface area contributed by atoms with E-state index in [1.807, 2.05) is 6.92 Å². The first-order valence-corrected chi connectivity index (χ1v) is 13.4. The molecule has 3 rings (SSSR count). The zero-order valence-corrected chi connectivity index (χ0v) is 19.4. The highest BCUT2D eigenvalue weighted by Crippen LogP contribution is 2.31. The molecule has 2 aromatic carbocycles. The predicted molar refractivity (Wildman–Crippen MR) is 118 cm³/mol. The second kappa shape index (κ2) is 9.77. The number of nitrogens with one attached hydrogen (secondary N) is 1. The van der Waals surface area contributed by atoms with Crippen LogP contribution in [0.25, 0.3) is 0 Å². The van der Waals surface area contributed by atoms with Crippen molar-refractivity contribution in [3.05, 3.63) is 59.9 Å². The molecule has 0 amide bonds. The van der Waals surface area contributed by atoms with Crippen LogP contribution in [0.3, 0.4) is 0 Å². The molecule has 1 unspecified atom stereocenters. The second-order valence-electron chi connectivity index (χ2n) is 7.98. The Kier molecular flexibility index (Phi) is 7.51. The van der Waals surface area contributed by atoms with Gasteiger partial charge in [0.15, 0.2) is 0 Å². The van der Waals surface area contributed by atoms with Crippen molar-refractivity contribution in [1.82, 2.24) is 9.03 Å². The average Bonchev–Trinajstić information content (AvgIpc) is 3.27. The Balaban J connectivity index is 1.92. The van der Waals surface area contributed by atoms with Crippen molar-refractivity contribution < 1.29 is 21.2 Å². The summed E-state index contributed by atoms with van der Waals surface area (Å²) < 4.78 is 70.0. The van der Waals surface area contributed by atoms with E-state index in [4.69, 9.17) is 0 Å². The topological polar surface area (TPSA) is 83.5 Å². The third-order valence-corrected chi connectivity index (χ3v) is 9.24. The fraction of sp³-hybridized carbons (Fsp3) is 0.455. The minimum atomic E-state index is -3.94. The molecule has 2 aromatic rings. The van der Waals surface area contributed by atoms with Gasteiger partial charge in [-0.3, -0.25) is 0 Å². The number of hydrogen-bond donors (Lipinski definition) is 1. The molecular formula is C22H29FN2O4S2. The maximum absolute atomic E-state index is 14.2. The van der Waals surface area contributed by atoms with E-state index >= 15 is 0 Å². The lowest BCUT2D eigenvalue weighted by Gasteiger charge is -2.28. The number of hydrogen-bond acceptors (Lipinski definition) is 4. The van der Waals surface area contributed by atoms with Crippen molar-refractivity contribution in [3.8, 4) is 0 Å². The van der Waals surface area contributed by atoms with Gasteiger partial charge in [0.2, 0.25) is 20.0 Å². The summed E-state index contributed by atoms with van der Waals surface area (Å²) in [6.07, 6.45) is 3.93. The van der Waals surface area contributed by atoms with Crippen LogP contribution in [-0.4, -0.2) is 33.2 Å². The first-order valence-electron chi connectivity index (χ1n) is 10.5. The van der Waals surface area contributed by atoms with Gasteiger partial charge in [-0.2, -0.15) is 4.31 Å². The maximum Gasteiger partial charge on any atom is 0.243 e. The molecule has 170 valence electrons. The Morgan fingerprint density at radius 3 is 2.16 bits per heavy atom. The number of halogens is 1. The Morgan fingerprint density at radius 1 is 1.00 bits per heavy atom. The van der Waals surface area contributed by atoms with Gasteiger partial charge in [0.05, 0.1) is 9.79 Å². The molecule has 0 aromatic heterocycles. The van der Waals surface area contributed by atoms with Gasteiger partial charge in [-0.15, -0.1) is 0 Å². The summed E-state index contributed by atoms with van der Waals surface area (Å²) in [4.78, 5) is 0.00602. The van der Waals surface area contributed by atoms with Crippen molar-refractivity contribution in [2.24, 2.45) is 0 Å². The number of nitrogens with zero attached hydrogens (tertiary/aromatic N) is 1. The summed E-state index contributed by atoms with van der Waals surface area (Å²) in [6.45, 7) is 3.57. The molecule has 0 radical (unpaired) electrons. The van der Waals surface area contributed by atoms with Crippen molar-refractivity contribution in [3.63, 3.8) is 0 Å². The molecule has 1 atom stereocenters. The molecule has 0 bridgehead atoms. The summed E-state index contributed by atoms with van der Waals surface area (Å²) in [7, 11) is -7.67. The van der Waals surface area contributed by atoms with Gasteiger partial charge in [0.1, 0.15) is 5.82 Å². The van der Waals surface area contributed by atoms with E-state index in [2.05, 4.69) is 4.72 Å². The van der Waals surface area contributed by atoms with Crippen molar-refractivity contribution in [2.75, 3.05) is 0 Å². The molecule has 1 saturated carbocycles. The first-order chi connectivity index (χ1) is 14.6. The second-order valence-corrected chi connectivity index (χ2v) is 11.6. The third kappa shape index (κ3) is 5.52. The standard InChI is InChI=1S/C22H29FN2O4S2/c1-3-17(2)24-30(26,27)20-12-14-21(15-13-20)31(28,29)25(19-9-5-6-10-19)16-18-8-4-7-11-22(18)23/h4,7-8,11-15,17,19,24H,3,5-6,9-10,16H2,1-2H3. The fourth-order valence-electron chi connectivity index (χ4n) is 3.74. The zero-order valence-electron chi connectivity index (χ0n) is 17.8. The third-order valence-electron chi connectivity index (χ3n) is 5.73. The van der Waals surface area contributed by atoms with Gasteiger partial charge in [0.25, 0.3) is 0 Å². The van der Waals surface area contributed by atoms with Gasteiger partial charge in [-0.1, -0.05) is 38.0 Å². The van der Waals surface area contributed by atoms with Gasteiger partial charge in [0, 0.05) is 24.2 Å². The molecule has 1 aliphatic carbocycles. The number of benzene rings is 2. The van der Waals surface area contributed by atoms with Gasteiger partial charge >= 0.3 is 0 Å². The average molecular weight is 469 g/mol. The molecule has 31 heavy (non-hydrogen) atoms. The smallest absolute Gasteiger partial charge is 0.208 e. The predicted octanol–water partition coefficient (Wildman–Crippen LogP) is 4.04. The molecule has 0 saturated heterocycles. The van der Waals surface area contributed by atoms with Crippen LogP contribution in [0.2, 0.25) is 0 Å². The number of rotatable bonds is 9. The summed E-state index contributed by atoms with van der Waals surface area (Å²) in [5.74, 6) is -0.446. The van der Waals surface area contributed by atoms with Crippen molar-refractivity contribution in [2.45, 2.75) is 74.4 Å². The summed E-state index contributed by atoms with van der Waals surface area (Å²) in [5.41, 5.74) is 0.315. The highest BCUT2D eigenvalue weighted by atomic mass is 32.2. The number of sulfonamides is 2. The van der Waals surface area contributed by atoms with E-state index < -0.39 is 25.9 Å². The van der Waals surface area contributed by atoms with Crippen molar-refractivity contribution >= 4 is 20.0 Å². The normalized spacial score (nSPS) is 16.6. The Bertz CT molecular complexity index is 1100. The van der Waals surface area contributed by atoms with Gasteiger partial charge in [-0.25, -0.2) is 25.9 Å². The van der Waals surface area contributed by atoms with E-state index in [0.29, 0.717) is 12.0 Å². The van der Waals surface area contributed by atoms with Crippen LogP contribution >= 0.6 is 0 Å². The molecule has 0 aliphatic heterocycles. The Hall–Kier alpha value is -1.81. The van der Waals surface area contributed by atoms with Gasteiger partial charge < -0.3 is 0 Å². The summed E-state index contributed by atoms with van der Waals surface area (Å²) in [6, 6.07) is 10.9. The van der Waals surface area contributed by atoms with Crippen LogP contribution < -0.4 is 4.72 Å². The monoisotopic (exact) mass is 468 g/mol. The lowest BCUT2D eigenvalue weighted by molar-refractivity contribution is 0.312. The SMILES string of the molecule is CCC(C)NS(=O)(=O)c1ccc(S(=O)(=O)N(Cc2ccccc2F)C2CCCC2)cc1. The van der Waals surface area contributed by atoms with Crippen LogP contribution in [0.4, 0.5) is 4.39 Å². The molecule has 6 nitrogen and oxygen atoms in total. The summed E-state index contributed by atoms with van der Waals surface area (Å²) >= 11 is 0. The quantitative estimate of drug-likeness (QED) is 0.602. The van der Waals surface area contributed by atoms with Crippen LogP contribution in [0.5, 0.6) is 0 Å². The van der Waals surface area contributed by atoms with E-state index in [-0.39, 0.29) is 28.4 Å². The van der Waals surface area contributed by atoms with Crippen LogP contribution in [-0.2, 0) is 26.6 Å². The van der Waals surface area contributed by atoms with E-state index in [9.17, 15) is 21.2 Å². The molecule has 9 heteroatoms. The van der Waals surface area contributed by atoms with Crippen LogP contribution in [0.15, 0.2) is 58.3 Å². The Morgan fingerprint density at radius 2 is 1.58 bits per heavy atom. The van der Waals surface area contributed by atoms with E-state index in [0.717, 1.165) is 25.7 Å². The van der Waals surface area contributed by atoms with E-state index in [1.165, 1.54) is 34.6 Å². The lowest BCUT2D eigenvalue weighted by Crippen LogP contribution is -2.38. The first kappa shape index (κ1) is 23.8. The van der Waals surface area contributed by atoms with Crippen molar-refractivity contribution in [1.29, 1.82) is 0 Å². The largest absolute Gasteiger partial charge is 0.243 e. The van der Waals surface area contributed by atoms with Crippen LogP contribution in [0.1, 0.15) is 51.5 Å². The summed E-state index contributed by atoms with van der Waals surface area (Å²) in [5, 5.41) is 0. The lowest BCUT2D eigenvalue weighted by atomic mass is 10.2. The maximum atomic E-state index is 14.2. The minimum Gasteiger partial charge on any atom is -0.208 e. The fourth-order valence-corrected chi connectivity index (χ4v) is 6.73. The minimum absolute atomic E-state index is 0.00164. The molecule has 0 spiro atoms. The molecule has 0 heterocycles. The van der Waals surface area contributed by atoms with Gasteiger partial charge in [-0.05, 0) is 56.5 Å². The van der Waals surface area contributed by atoms with E-state index in [1.54, 1.807) is 25.1 Å². The van der Waals surface area contributed by atoms with Crippen LogP contribution in [0, 0.1) is 5.82 Å². The molecule has 1 fully saturated rings. The highest BCUT2D eigenvalue weighted by molar-refractivity contribution is 7.89. The molecular weight excluding hydrogens is 439 g/mol. The highest BCUT2D eigenvalue weighted by Gasteiger charge is 2.34.